The summed E-state index contributed by atoms with van der Waals surface area (Å²) in [5, 5.41) is 5.87. The van der Waals surface area contributed by atoms with Gasteiger partial charge < -0.3 is 19.9 Å². The Morgan fingerprint density at radius 1 is 0.826 bits per heavy atom. The van der Waals surface area contributed by atoms with Gasteiger partial charge in [-0.3, -0.25) is 19.8 Å². The van der Waals surface area contributed by atoms with Crippen LogP contribution in [0.1, 0.15) is 48.5 Å². The molecule has 2 aliphatic heterocycles. The number of hydrogen-bond donors (Lipinski definition) is 2. The van der Waals surface area contributed by atoms with Crippen molar-refractivity contribution in [1.82, 2.24) is 20.0 Å². The van der Waals surface area contributed by atoms with Crippen LogP contribution in [0.2, 0.25) is 0 Å². The third-order valence-corrected chi connectivity index (χ3v) is 9.07. The molecule has 2 heterocycles. The number of benzene rings is 3. The van der Waals surface area contributed by atoms with Crippen LogP contribution in [0.4, 0.5) is 10.5 Å². The maximum Gasteiger partial charge on any atom is 0.411 e. The number of nitrogens with one attached hydrogen (secondary N) is 2. The monoisotopic (exact) mass is 625 g/mol. The highest BCUT2D eigenvalue weighted by atomic mass is 16.6. The van der Waals surface area contributed by atoms with E-state index in [1.165, 1.54) is 5.56 Å². The molecule has 0 unspecified atom stereocenters. The lowest BCUT2D eigenvalue weighted by molar-refractivity contribution is -0.126. The molecule has 2 N–H and O–H groups in total. The topological polar surface area (TPSA) is 94.2 Å². The minimum absolute atomic E-state index is 0.0139. The van der Waals surface area contributed by atoms with E-state index in [9.17, 15) is 14.4 Å². The van der Waals surface area contributed by atoms with Crippen LogP contribution in [0.3, 0.4) is 0 Å². The Morgan fingerprint density at radius 2 is 1.48 bits per heavy atom. The van der Waals surface area contributed by atoms with E-state index < -0.39 is 6.09 Å². The van der Waals surface area contributed by atoms with Crippen LogP contribution >= 0.6 is 0 Å². The average molecular weight is 626 g/mol. The molecular weight excluding hydrogens is 578 g/mol. The third-order valence-electron chi connectivity index (χ3n) is 9.07. The maximum atomic E-state index is 13.1. The molecule has 3 aromatic carbocycles. The summed E-state index contributed by atoms with van der Waals surface area (Å²) in [6, 6.07) is 25.6. The van der Waals surface area contributed by atoms with Gasteiger partial charge in [0.25, 0.3) is 5.91 Å². The van der Waals surface area contributed by atoms with Gasteiger partial charge in [-0.25, -0.2) is 4.79 Å². The molecule has 0 radical (unpaired) electrons. The van der Waals surface area contributed by atoms with Gasteiger partial charge in [-0.05, 0) is 75.0 Å². The van der Waals surface area contributed by atoms with Crippen molar-refractivity contribution in [2.24, 2.45) is 5.92 Å². The second-order valence-corrected chi connectivity index (χ2v) is 12.4. The molecule has 46 heavy (non-hydrogen) atoms. The summed E-state index contributed by atoms with van der Waals surface area (Å²) in [5.41, 5.74) is 4.58. The van der Waals surface area contributed by atoms with Gasteiger partial charge in [0.05, 0.1) is 5.69 Å². The zero-order chi connectivity index (χ0) is 32.3. The lowest BCUT2D eigenvalue weighted by Gasteiger charge is -2.32. The van der Waals surface area contributed by atoms with Crippen molar-refractivity contribution in [3.05, 3.63) is 90.0 Å². The van der Waals surface area contributed by atoms with Gasteiger partial charge in [-0.15, -0.1) is 0 Å². The van der Waals surface area contributed by atoms with E-state index in [-0.39, 0.29) is 23.8 Å². The quantitative estimate of drug-likeness (QED) is 0.293. The first-order chi connectivity index (χ1) is 22.4. The van der Waals surface area contributed by atoms with Crippen molar-refractivity contribution < 1.29 is 19.1 Å². The largest absolute Gasteiger partial charge is 0.446 e. The zero-order valence-corrected chi connectivity index (χ0v) is 27.1. The Hall–Kier alpha value is -4.21. The van der Waals surface area contributed by atoms with E-state index in [2.05, 4.69) is 20.4 Å². The molecule has 3 amide bonds. The molecule has 3 aromatic rings. The van der Waals surface area contributed by atoms with Crippen molar-refractivity contribution in [2.45, 2.75) is 45.3 Å². The van der Waals surface area contributed by atoms with Crippen LogP contribution in [-0.4, -0.2) is 91.6 Å². The van der Waals surface area contributed by atoms with Crippen LogP contribution in [0.25, 0.3) is 11.1 Å². The molecule has 9 nitrogen and oxygen atoms in total. The molecule has 5 rings (SSSR count). The summed E-state index contributed by atoms with van der Waals surface area (Å²) in [4.78, 5) is 44.4. The van der Waals surface area contributed by atoms with Crippen molar-refractivity contribution in [2.75, 3.05) is 58.2 Å². The first-order valence-electron chi connectivity index (χ1n) is 16.6. The number of anilines is 1. The molecule has 0 spiro atoms. The summed E-state index contributed by atoms with van der Waals surface area (Å²) >= 11 is 0. The van der Waals surface area contributed by atoms with Crippen LogP contribution in [-0.2, 0) is 16.1 Å². The van der Waals surface area contributed by atoms with E-state index in [1.54, 1.807) is 4.90 Å². The number of piperidine rings is 2. The Kier molecular flexibility index (Phi) is 11.8. The molecular formula is C37H47N5O4. The number of hydrogen-bond acceptors (Lipinski definition) is 6. The number of nitrogens with zero attached hydrogens (tertiary/aromatic N) is 3. The fourth-order valence-corrected chi connectivity index (χ4v) is 6.30. The molecule has 0 bridgehead atoms. The first-order valence-corrected chi connectivity index (χ1v) is 16.6. The Bertz CT molecular complexity index is 1430. The van der Waals surface area contributed by atoms with Gasteiger partial charge in [-0.1, -0.05) is 60.7 Å². The molecule has 9 heteroatoms. The van der Waals surface area contributed by atoms with E-state index in [0.717, 1.165) is 81.8 Å². The van der Waals surface area contributed by atoms with Crippen molar-refractivity contribution in [3.8, 4) is 11.1 Å². The number of carbonyl (C=O) groups excluding carboxylic acids is 3. The first kappa shape index (κ1) is 33.2. The molecule has 0 atom stereocenters. The second-order valence-electron chi connectivity index (χ2n) is 12.4. The molecule has 2 aliphatic rings. The van der Waals surface area contributed by atoms with Gasteiger partial charge in [0.1, 0.15) is 6.10 Å². The highest BCUT2D eigenvalue weighted by Gasteiger charge is 2.25. The summed E-state index contributed by atoms with van der Waals surface area (Å²) in [6.45, 7) is 8.31. The number of carbonyl (C=O) groups is 3. The Balaban J connectivity index is 1.00. The van der Waals surface area contributed by atoms with Gasteiger partial charge in [0.15, 0.2) is 0 Å². The second kappa shape index (κ2) is 16.4. The molecule has 0 aliphatic carbocycles. The lowest BCUT2D eigenvalue weighted by Crippen LogP contribution is -2.42. The van der Waals surface area contributed by atoms with Crippen LogP contribution < -0.4 is 10.6 Å². The highest BCUT2D eigenvalue weighted by Crippen LogP contribution is 2.28. The van der Waals surface area contributed by atoms with E-state index in [4.69, 9.17) is 4.74 Å². The number of para-hydroxylation sites is 1. The normalized spacial score (nSPS) is 16.5. The van der Waals surface area contributed by atoms with Crippen LogP contribution in [0, 0.1) is 5.92 Å². The SMILES string of the molecule is CCNC(=O)C1CCN(Cc2ccc(C(=O)N(C)CCN3CCC(OC(=O)Nc4ccccc4-c4ccccc4)CC3)cc2)CC1. The predicted octanol–water partition coefficient (Wildman–Crippen LogP) is 5.49. The van der Waals surface area contributed by atoms with Crippen molar-refractivity contribution in [1.29, 1.82) is 0 Å². The molecule has 0 saturated carbocycles. The van der Waals surface area contributed by atoms with Crippen LogP contribution in [0.5, 0.6) is 0 Å². The van der Waals surface area contributed by atoms with Crippen LogP contribution in [0.15, 0.2) is 78.9 Å². The van der Waals surface area contributed by atoms with E-state index in [1.807, 2.05) is 92.8 Å². The summed E-state index contributed by atoms with van der Waals surface area (Å²) in [6.07, 6.45) is 2.73. The van der Waals surface area contributed by atoms with Gasteiger partial charge in [0, 0.05) is 63.4 Å². The average Bonchev–Trinajstić information content (AvgIpc) is 3.09. The smallest absolute Gasteiger partial charge is 0.411 e. The number of amides is 3. The van der Waals surface area contributed by atoms with Gasteiger partial charge in [-0.2, -0.15) is 0 Å². The molecule has 0 aromatic heterocycles. The van der Waals surface area contributed by atoms with Crippen molar-refractivity contribution in [3.63, 3.8) is 0 Å². The lowest BCUT2D eigenvalue weighted by atomic mass is 9.95. The summed E-state index contributed by atoms with van der Waals surface area (Å²) < 4.78 is 5.78. The number of ether oxygens (including phenoxy) is 1. The number of rotatable bonds is 11. The Morgan fingerprint density at radius 3 is 2.17 bits per heavy atom. The van der Waals surface area contributed by atoms with Crippen molar-refractivity contribution >= 4 is 23.6 Å². The fourth-order valence-electron chi connectivity index (χ4n) is 6.30. The minimum Gasteiger partial charge on any atom is -0.446 e. The minimum atomic E-state index is -0.431. The molecule has 2 saturated heterocycles. The van der Waals surface area contributed by atoms with E-state index in [0.29, 0.717) is 18.7 Å². The zero-order valence-electron chi connectivity index (χ0n) is 27.1. The number of likely N-dealkylation sites (N-methyl/N-ethyl adjacent to an activating group) is 1. The van der Waals surface area contributed by atoms with E-state index >= 15 is 0 Å². The van der Waals surface area contributed by atoms with Gasteiger partial charge in [0.2, 0.25) is 5.91 Å². The van der Waals surface area contributed by atoms with Gasteiger partial charge >= 0.3 is 6.09 Å². The maximum absolute atomic E-state index is 13.1. The Labute approximate surface area is 272 Å². The third kappa shape index (κ3) is 9.17. The molecule has 244 valence electrons. The summed E-state index contributed by atoms with van der Waals surface area (Å²) in [7, 11) is 1.85. The summed E-state index contributed by atoms with van der Waals surface area (Å²) in [5.74, 6) is 0.307. The molecule has 2 fully saturated rings. The highest BCUT2D eigenvalue weighted by molar-refractivity contribution is 5.94. The standard InChI is InChI=1S/C37H47N5O4/c1-3-38-35(43)30-17-21-42(22-18-30)27-28-13-15-31(16-14-28)36(44)40(2)25-26-41-23-19-32(20-24-41)46-37(45)39-34-12-8-7-11-33(34)29-9-5-4-6-10-29/h4-16,30,32H,3,17-27H2,1-2H3,(H,38,43)(H,39,45). The number of likely N-dealkylation sites (tertiary alicyclic amines) is 2. The predicted molar refractivity (Wildman–Crippen MR) is 182 cm³/mol. The fraction of sp³-hybridized carbons (Fsp3) is 0.432.